The van der Waals surface area contributed by atoms with Gasteiger partial charge in [-0.1, -0.05) is 62.9 Å². The second kappa shape index (κ2) is 7.43. The van der Waals surface area contributed by atoms with Gasteiger partial charge < -0.3 is 0 Å². The zero-order valence-corrected chi connectivity index (χ0v) is 9.36. The Morgan fingerprint density at radius 2 is 1.87 bits per heavy atom. The summed E-state index contributed by atoms with van der Waals surface area (Å²) in [5, 5.41) is 8.84. The van der Waals surface area contributed by atoms with Crippen molar-refractivity contribution in [2.24, 2.45) is 0 Å². The molecule has 1 atom stereocenters. The Morgan fingerprint density at radius 3 is 2.47 bits per heavy atom. The second-order valence-corrected chi connectivity index (χ2v) is 3.85. The van der Waals surface area contributed by atoms with Crippen LogP contribution in [0.1, 0.15) is 50.7 Å². The lowest BCUT2D eigenvalue weighted by molar-refractivity contribution is -0.283. The maximum absolute atomic E-state index is 8.84. The van der Waals surface area contributed by atoms with Gasteiger partial charge in [0.2, 0.25) is 0 Å². The topological polar surface area (TPSA) is 29.5 Å². The largest absolute Gasteiger partial charge is 0.251 e. The molecule has 1 N–H and O–H groups in total. The van der Waals surface area contributed by atoms with E-state index in [4.69, 9.17) is 5.26 Å². The van der Waals surface area contributed by atoms with Gasteiger partial charge in [0.25, 0.3) is 0 Å². The van der Waals surface area contributed by atoms with Gasteiger partial charge in [0.1, 0.15) is 6.10 Å². The number of hydrogen-bond acceptors (Lipinski definition) is 2. The van der Waals surface area contributed by atoms with Crippen molar-refractivity contribution < 1.29 is 10.1 Å². The van der Waals surface area contributed by atoms with E-state index in [2.05, 4.69) is 11.8 Å². The van der Waals surface area contributed by atoms with E-state index in [1.54, 1.807) is 0 Å². The Kier molecular flexibility index (Phi) is 6.05. The molecule has 0 aliphatic heterocycles. The van der Waals surface area contributed by atoms with Crippen molar-refractivity contribution in [1.29, 1.82) is 0 Å². The maximum atomic E-state index is 8.84. The summed E-state index contributed by atoms with van der Waals surface area (Å²) >= 11 is 0. The summed E-state index contributed by atoms with van der Waals surface area (Å²) in [7, 11) is 0. The molecule has 1 aromatic rings. The van der Waals surface area contributed by atoms with E-state index in [1.807, 2.05) is 30.3 Å². The molecular weight excluding hydrogens is 188 g/mol. The van der Waals surface area contributed by atoms with Gasteiger partial charge in [0.15, 0.2) is 0 Å². The van der Waals surface area contributed by atoms with Crippen LogP contribution in [0.3, 0.4) is 0 Å². The van der Waals surface area contributed by atoms with E-state index >= 15 is 0 Å². The first-order valence-corrected chi connectivity index (χ1v) is 5.73. The molecule has 0 saturated carbocycles. The normalized spacial score (nSPS) is 12.7. The van der Waals surface area contributed by atoms with E-state index in [1.165, 1.54) is 19.3 Å². The SMILES string of the molecule is CCCCCC[C@@H](OO)c1ccccc1. The summed E-state index contributed by atoms with van der Waals surface area (Å²) in [6.07, 6.45) is 5.53. The van der Waals surface area contributed by atoms with E-state index in [9.17, 15) is 0 Å². The lowest BCUT2D eigenvalue weighted by Gasteiger charge is -2.13. The van der Waals surface area contributed by atoms with Gasteiger partial charge in [-0.25, -0.2) is 4.89 Å². The first-order chi connectivity index (χ1) is 7.38. The molecule has 84 valence electrons. The minimum absolute atomic E-state index is 0.164. The van der Waals surface area contributed by atoms with Crippen LogP contribution in [-0.4, -0.2) is 5.26 Å². The van der Waals surface area contributed by atoms with E-state index in [-0.39, 0.29) is 6.10 Å². The van der Waals surface area contributed by atoms with Crippen LogP contribution >= 0.6 is 0 Å². The Morgan fingerprint density at radius 1 is 1.13 bits per heavy atom. The highest BCUT2D eigenvalue weighted by Crippen LogP contribution is 2.22. The fourth-order valence-corrected chi connectivity index (χ4v) is 1.70. The van der Waals surface area contributed by atoms with Gasteiger partial charge in [-0.3, -0.25) is 5.26 Å². The Labute approximate surface area is 91.8 Å². The van der Waals surface area contributed by atoms with Crippen molar-refractivity contribution in [2.45, 2.75) is 45.1 Å². The molecule has 1 rings (SSSR count). The van der Waals surface area contributed by atoms with E-state index in [0.29, 0.717) is 0 Å². The number of rotatable bonds is 7. The third-order valence-electron chi connectivity index (χ3n) is 2.62. The Hall–Kier alpha value is -0.860. The van der Waals surface area contributed by atoms with Crippen LogP contribution in [0.2, 0.25) is 0 Å². The van der Waals surface area contributed by atoms with Gasteiger partial charge >= 0.3 is 0 Å². The Bertz CT molecular complexity index is 246. The smallest absolute Gasteiger partial charge is 0.118 e. The minimum atomic E-state index is -0.164. The highest BCUT2D eigenvalue weighted by Gasteiger charge is 2.10. The summed E-state index contributed by atoms with van der Waals surface area (Å²) in [6.45, 7) is 2.19. The summed E-state index contributed by atoms with van der Waals surface area (Å²) in [4.78, 5) is 4.52. The average molecular weight is 208 g/mol. The van der Waals surface area contributed by atoms with Crippen LogP contribution in [0.5, 0.6) is 0 Å². The highest BCUT2D eigenvalue weighted by atomic mass is 17.1. The minimum Gasteiger partial charge on any atom is -0.251 e. The molecule has 0 unspecified atom stereocenters. The maximum Gasteiger partial charge on any atom is 0.118 e. The summed E-state index contributed by atoms with van der Waals surface area (Å²) in [5.74, 6) is 0. The standard InChI is InChI=1S/C13H20O2/c1-2-3-4-8-11-13(15-14)12-9-6-5-7-10-12/h5-7,9-10,13-14H,2-4,8,11H2,1H3/t13-/m1/s1. The van der Waals surface area contributed by atoms with Crippen LogP contribution < -0.4 is 0 Å². The van der Waals surface area contributed by atoms with Crippen molar-refractivity contribution in [1.82, 2.24) is 0 Å². The van der Waals surface area contributed by atoms with Gasteiger partial charge in [-0.05, 0) is 12.0 Å². The predicted molar refractivity (Wildman–Crippen MR) is 61.7 cm³/mol. The second-order valence-electron chi connectivity index (χ2n) is 3.85. The van der Waals surface area contributed by atoms with Gasteiger partial charge in [-0.2, -0.15) is 0 Å². The average Bonchev–Trinajstić information content (AvgIpc) is 2.30. The zero-order valence-electron chi connectivity index (χ0n) is 9.36. The molecule has 15 heavy (non-hydrogen) atoms. The van der Waals surface area contributed by atoms with Crippen molar-refractivity contribution in [3.05, 3.63) is 35.9 Å². The van der Waals surface area contributed by atoms with Gasteiger partial charge in [-0.15, -0.1) is 0 Å². The molecule has 2 heteroatoms. The molecule has 0 radical (unpaired) electrons. The summed E-state index contributed by atoms with van der Waals surface area (Å²) in [6, 6.07) is 9.87. The zero-order chi connectivity index (χ0) is 10.9. The molecule has 0 amide bonds. The molecule has 0 bridgehead atoms. The molecule has 0 aliphatic rings. The van der Waals surface area contributed by atoms with Crippen molar-refractivity contribution in [3.63, 3.8) is 0 Å². The predicted octanol–water partition coefficient (Wildman–Crippen LogP) is 4.19. The molecular formula is C13H20O2. The molecule has 0 aromatic heterocycles. The lowest BCUT2D eigenvalue weighted by Crippen LogP contribution is -2.01. The van der Waals surface area contributed by atoms with Crippen LogP contribution in [0.25, 0.3) is 0 Å². The molecule has 2 nitrogen and oxygen atoms in total. The summed E-state index contributed by atoms with van der Waals surface area (Å²) in [5.41, 5.74) is 1.05. The molecule has 0 heterocycles. The molecule has 1 aromatic carbocycles. The van der Waals surface area contributed by atoms with Crippen molar-refractivity contribution in [3.8, 4) is 0 Å². The third-order valence-corrected chi connectivity index (χ3v) is 2.62. The first-order valence-electron chi connectivity index (χ1n) is 5.73. The number of unbranched alkanes of at least 4 members (excludes halogenated alkanes) is 3. The van der Waals surface area contributed by atoms with Crippen LogP contribution in [-0.2, 0) is 4.89 Å². The molecule has 0 spiro atoms. The van der Waals surface area contributed by atoms with Gasteiger partial charge in [0.05, 0.1) is 0 Å². The van der Waals surface area contributed by atoms with Crippen LogP contribution in [0, 0.1) is 0 Å². The first kappa shape index (κ1) is 12.2. The molecule has 0 aliphatic carbocycles. The number of hydrogen-bond donors (Lipinski definition) is 1. The molecule has 0 saturated heterocycles. The van der Waals surface area contributed by atoms with Crippen molar-refractivity contribution >= 4 is 0 Å². The Balaban J connectivity index is 2.36. The monoisotopic (exact) mass is 208 g/mol. The van der Waals surface area contributed by atoms with E-state index < -0.39 is 0 Å². The molecule has 0 fully saturated rings. The lowest BCUT2D eigenvalue weighted by atomic mass is 10.0. The third kappa shape index (κ3) is 4.45. The fraction of sp³-hybridized carbons (Fsp3) is 0.538. The van der Waals surface area contributed by atoms with Crippen molar-refractivity contribution in [2.75, 3.05) is 0 Å². The van der Waals surface area contributed by atoms with Crippen LogP contribution in [0.15, 0.2) is 30.3 Å². The van der Waals surface area contributed by atoms with E-state index in [0.717, 1.165) is 18.4 Å². The fourth-order valence-electron chi connectivity index (χ4n) is 1.70. The number of benzene rings is 1. The van der Waals surface area contributed by atoms with Crippen LogP contribution in [0.4, 0.5) is 0 Å². The highest BCUT2D eigenvalue weighted by molar-refractivity contribution is 5.17. The quantitative estimate of drug-likeness (QED) is 0.413. The summed E-state index contributed by atoms with van der Waals surface area (Å²) < 4.78 is 0. The van der Waals surface area contributed by atoms with Gasteiger partial charge in [0, 0.05) is 0 Å².